The number of hydrogen-bond acceptors (Lipinski definition) is 6. The number of nitro benzene ring substituents is 1. The van der Waals surface area contributed by atoms with Gasteiger partial charge in [0, 0.05) is 68.5 Å². The Balaban J connectivity index is 1.55. The molecule has 1 aliphatic rings. The third-order valence-corrected chi connectivity index (χ3v) is 4.07. The molecule has 0 radical (unpaired) electrons. The number of halogens is 1. The predicted molar refractivity (Wildman–Crippen MR) is 87.6 cm³/mol. The summed E-state index contributed by atoms with van der Waals surface area (Å²) in [6.45, 7) is 4.39. The van der Waals surface area contributed by atoms with Gasteiger partial charge in [0.1, 0.15) is 0 Å². The molecule has 0 bridgehead atoms. The van der Waals surface area contributed by atoms with Crippen LogP contribution in [0.2, 0.25) is 5.28 Å². The highest BCUT2D eigenvalue weighted by Gasteiger charge is 2.18. The van der Waals surface area contributed by atoms with E-state index in [1.54, 1.807) is 36.7 Å². The Morgan fingerprint density at radius 1 is 1.09 bits per heavy atom. The maximum absolute atomic E-state index is 10.7. The van der Waals surface area contributed by atoms with E-state index in [0.29, 0.717) is 0 Å². The van der Waals surface area contributed by atoms with Crippen molar-refractivity contribution >= 4 is 23.0 Å². The maximum Gasteiger partial charge on any atom is 0.269 e. The lowest BCUT2D eigenvalue weighted by Gasteiger charge is -2.36. The van der Waals surface area contributed by atoms with E-state index in [9.17, 15) is 10.1 Å². The number of rotatable bonds is 4. The van der Waals surface area contributed by atoms with Gasteiger partial charge in [-0.1, -0.05) is 0 Å². The zero-order valence-corrected chi connectivity index (χ0v) is 13.2. The minimum Gasteiger partial charge on any atom is -0.369 e. The van der Waals surface area contributed by atoms with Gasteiger partial charge in [0.15, 0.2) is 0 Å². The average molecular weight is 334 g/mol. The molecular formula is C15H16ClN5O2. The first-order valence-corrected chi connectivity index (χ1v) is 7.68. The molecule has 3 rings (SSSR count). The molecule has 1 fully saturated rings. The van der Waals surface area contributed by atoms with Crippen LogP contribution in [0.25, 0.3) is 0 Å². The van der Waals surface area contributed by atoms with Crippen LogP contribution in [0, 0.1) is 10.1 Å². The van der Waals surface area contributed by atoms with Crippen molar-refractivity contribution < 1.29 is 4.92 Å². The first-order chi connectivity index (χ1) is 11.1. The molecule has 0 atom stereocenters. The number of non-ortho nitro benzene ring substituents is 1. The highest BCUT2D eigenvalue weighted by molar-refractivity contribution is 6.28. The zero-order chi connectivity index (χ0) is 16.2. The van der Waals surface area contributed by atoms with Crippen molar-refractivity contribution in [2.75, 3.05) is 31.1 Å². The third-order valence-electron chi connectivity index (χ3n) is 3.88. The summed E-state index contributed by atoms with van der Waals surface area (Å²) in [6, 6.07) is 6.71. The normalized spacial score (nSPS) is 15.6. The van der Waals surface area contributed by atoms with Gasteiger partial charge in [-0.2, -0.15) is 0 Å². The van der Waals surface area contributed by atoms with Crippen molar-refractivity contribution in [2.24, 2.45) is 0 Å². The second-order valence-corrected chi connectivity index (χ2v) is 5.74. The molecule has 0 N–H and O–H groups in total. The second-order valence-electron chi connectivity index (χ2n) is 5.40. The van der Waals surface area contributed by atoms with E-state index in [1.807, 2.05) is 0 Å². The van der Waals surface area contributed by atoms with E-state index in [0.717, 1.165) is 44.0 Å². The Hall–Kier alpha value is -2.25. The second kappa shape index (κ2) is 6.89. The van der Waals surface area contributed by atoms with Crippen LogP contribution in [-0.4, -0.2) is 46.0 Å². The van der Waals surface area contributed by atoms with Gasteiger partial charge in [0.05, 0.1) is 4.92 Å². The first kappa shape index (κ1) is 15.6. The SMILES string of the molecule is O=[N+]([O-])c1ccc(N2CCN(Cc3cnc(Cl)nc3)CC2)cc1. The summed E-state index contributed by atoms with van der Waals surface area (Å²) < 4.78 is 0. The van der Waals surface area contributed by atoms with Gasteiger partial charge < -0.3 is 4.90 Å². The summed E-state index contributed by atoms with van der Waals surface area (Å²) in [5.41, 5.74) is 2.18. The number of aromatic nitrogens is 2. The highest BCUT2D eigenvalue weighted by atomic mass is 35.5. The molecule has 2 heterocycles. The van der Waals surface area contributed by atoms with E-state index < -0.39 is 0 Å². The van der Waals surface area contributed by atoms with Crippen LogP contribution in [0.5, 0.6) is 0 Å². The Labute approximate surface area is 138 Å². The lowest BCUT2D eigenvalue weighted by Crippen LogP contribution is -2.45. The molecule has 7 nitrogen and oxygen atoms in total. The van der Waals surface area contributed by atoms with Crippen molar-refractivity contribution in [3.8, 4) is 0 Å². The number of hydrogen-bond donors (Lipinski definition) is 0. The summed E-state index contributed by atoms with van der Waals surface area (Å²) in [5, 5.41) is 11.0. The molecule has 0 aliphatic carbocycles. The van der Waals surface area contributed by atoms with Gasteiger partial charge in [-0.3, -0.25) is 15.0 Å². The molecule has 8 heteroatoms. The molecule has 1 aromatic carbocycles. The van der Waals surface area contributed by atoms with Gasteiger partial charge in [0.2, 0.25) is 5.28 Å². The molecule has 1 aliphatic heterocycles. The largest absolute Gasteiger partial charge is 0.369 e. The third kappa shape index (κ3) is 3.94. The van der Waals surface area contributed by atoms with Crippen LogP contribution in [0.15, 0.2) is 36.7 Å². The molecule has 0 amide bonds. The molecule has 23 heavy (non-hydrogen) atoms. The topological polar surface area (TPSA) is 75.4 Å². The van der Waals surface area contributed by atoms with E-state index in [-0.39, 0.29) is 15.9 Å². The van der Waals surface area contributed by atoms with Gasteiger partial charge in [-0.25, -0.2) is 9.97 Å². The standard InChI is InChI=1S/C15H16ClN5O2/c16-15-17-9-12(10-18-15)11-19-5-7-20(8-6-19)13-1-3-14(4-2-13)21(22)23/h1-4,9-10H,5-8,11H2. The molecule has 120 valence electrons. The minimum atomic E-state index is -0.379. The number of anilines is 1. The summed E-state index contributed by atoms with van der Waals surface area (Å²) in [5.74, 6) is 0. The van der Waals surface area contributed by atoms with Crippen molar-refractivity contribution in [3.63, 3.8) is 0 Å². The van der Waals surface area contributed by atoms with Crippen molar-refractivity contribution in [3.05, 3.63) is 57.6 Å². The molecule has 1 saturated heterocycles. The zero-order valence-electron chi connectivity index (χ0n) is 12.4. The van der Waals surface area contributed by atoms with Crippen LogP contribution in [0.1, 0.15) is 5.56 Å². The van der Waals surface area contributed by atoms with Crippen LogP contribution in [0.4, 0.5) is 11.4 Å². The average Bonchev–Trinajstić information content (AvgIpc) is 2.58. The highest BCUT2D eigenvalue weighted by Crippen LogP contribution is 2.21. The summed E-state index contributed by atoms with van der Waals surface area (Å²) in [6.07, 6.45) is 3.50. The van der Waals surface area contributed by atoms with E-state index in [4.69, 9.17) is 11.6 Å². The van der Waals surface area contributed by atoms with Crippen LogP contribution >= 0.6 is 11.6 Å². The molecule has 0 unspecified atom stereocenters. The summed E-state index contributed by atoms with van der Waals surface area (Å²) >= 11 is 5.69. The van der Waals surface area contributed by atoms with Crippen LogP contribution in [0.3, 0.4) is 0 Å². The fraction of sp³-hybridized carbons (Fsp3) is 0.333. The molecule has 0 spiro atoms. The van der Waals surface area contributed by atoms with Crippen LogP contribution < -0.4 is 4.90 Å². The lowest BCUT2D eigenvalue weighted by molar-refractivity contribution is -0.384. The molecular weight excluding hydrogens is 318 g/mol. The predicted octanol–water partition coefficient (Wildman–Crippen LogP) is 2.36. The fourth-order valence-electron chi connectivity index (χ4n) is 2.63. The summed E-state index contributed by atoms with van der Waals surface area (Å²) in [4.78, 5) is 22.9. The molecule has 2 aromatic rings. The number of piperazine rings is 1. The Bertz CT molecular complexity index is 669. The minimum absolute atomic E-state index is 0.120. The maximum atomic E-state index is 10.7. The van der Waals surface area contributed by atoms with Crippen LogP contribution in [-0.2, 0) is 6.54 Å². The lowest BCUT2D eigenvalue weighted by atomic mass is 10.2. The van der Waals surface area contributed by atoms with E-state index in [2.05, 4.69) is 19.8 Å². The Kier molecular flexibility index (Phi) is 4.68. The first-order valence-electron chi connectivity index (χ1n) is 7.30. The summed E-state index contributed by atoms with van der Waals surface area (Å²) in [7, 11) is 0. The van der Waals surface area contributed by atoms with Crippen molar-refractivity contribution in [2.45, 2.75) is 6.54 Å². The van der Waals surface area contributed by atoms with Crippen molar-refractivity contribution in [1.82, 2.24) is 14.9 Å². The molecule has 0 saturated carbocycles. The number of benzene rings is 1. The number of nitro groups is 1. The van der Waals surface area contributed by atoms with Gasteiger partial charge in [0.25, 0.3) is 5.69 Å². The number of nitrogens with zero attached hydrogens (tertiary/aromatic N) is 5. The fourth-order valence-corrected chi connectivity index (χ4v) is 2.73. The monoisotopic (exact) mass is 333 g/mol. The van der Waals surface area contributed by atoms with Gasteiger partial charge >= 0.3 is 0 Å². The Morgan fingerprint density at radius 3 is 2.26 bits per heavy atom. The van der Waals surface area contributed by atoms with Gasteiger partial charge in [-0.15, -0.1) is 0 Å². The van der Waals surface area contributed by atoms with E-state index in [1.165, 1.54) is 0 Å². The Morgan fingerprint density at radius 2 is 1.70 bits per heavy atom. The van der Waals surface area contributed by atoms with Crippen molar-refractivity contribution in [1.29, 1.82) is 0 Å². The van der Waals surface area contributed by atoms with Gasteiger partial charge in [-0.05, 0) is 23.7 Å². The smallest absolute Gasteiger partial charge is 0.269 e. The quantitative estimate of drug-likeness (QED) is 0.486. The van der Waals surface area contributed by atoms with E-state index >= 15 is 0 Å². The molecule has 1 aromatic heterocycles.